The van der Waals surface area contributed by atoms with Crippen molar-refractivity contribution in [3.8, 4) is 11.6 Å². The number of aromatic nitrogens is 4. The van der Waals surface area contributed by atoms with Gasteiger partial charge in [0.1, 0.15) is 5.82 Å². The zero-order chi connectivity index (χ0) is 22.7. The van der Waals surface area contributed by atoms with Crippen LogP contribution in [0.2, 0.25) is 0 Å². The number of hydrogen-bond acceptors (Lipinski definition) is 8. The number of nitrogens with zero attached hydrogens (tertiary/aromatic N) is 5. The van der Waals surface area contributed by atoms with Crippen LogP contribution >= 0.6 is 0 Å². The lowest BCUT2D eigenvalue weighted by atomic mass is 9.98. The molecule has 32 heavy (non-hydrogen) atoms. The zero-order valence-electron chi connectivity index (χ0n) is 17.9. The number of anilines is 1. The van der Waals surface area contributed by atoms with Crippen molar-refractivity contribution >= 4 is 15.5 Å². The third-order valence-corrected chi connectivity index (χ3v) is 7.26. The lowest BCUT2D eigenvalue weighted by Gasteiger charge is -2.36. The van der Waals surface area contributed by atoms with Crippen LogP contribution < -0.4 is 4.90 Å². The Kier molecular flexibility index (Phi) is 6.43. The molecule has 1 aromatic carbocycles. The van der Waals surface area contributed by atoms with Gasteiger partial charge in [0.25, 0.3) is 0 Å². The van der Waals surface area contributed by atoms with E-state index >= 15 is 0 Å². The van der Waals surface area contributed by atoms with Crippen molar-refractivity contribution in [1.82, 2.24) is 19.9 Å². The van der Waals surface area contributed by atoms with Crippen molar-refractivity contribution < 1.29 is 17.5 Å². The first-order chi connectivity index (χ1) is 15.4. The Morgan fingerprint density at radius 3 is 2.69 bits per heavy atom. The molecular formula is C22H24FN5O3S. The van der Waals surface area contributed by atoms with Gasteiger partial charge >= 0.3 is 0 Å². The van der Waals surface area contributed by atoms with Gasteiger partial charge in [-0.2, -0.15) is 0 Å². The van der Waals surface area contributed by atoms with Gasteiger partial charge in [-0.1, -0.05) is 0 Å². The molecule has 3 aromatic rings. The normalized spacial score (nSPS) is 16.1. The molecule has 4 rings (SSSR count). The van der Waals surface area contributed by atoms with Crippen LogP contribution in [0.3, 0.4) is 0 Å². The molecule has 168 valence electrons. The second-order valence-electron chi connectivity index (χ2n) is 7.60. The monoisotopic (exact) mass is 457 g/mol. The lowest BCUT2D eigenvalue weighted by molar-refractivity contribution is 0.199. The average molecular weight is 458 g/mol. The summed E-state index contributed by atoms with van der Waals surface area (Å²) in [5.41, 5.74) is 2.31. The maximum absolute atomic E-state index is 14.4. The molecular weight excluding hydrogens is 433 g/mol. The van der Waals surface area contributed by atoms with E-state index in [0.29, 0.717) is 43.3 Å². The smallest absolute Gasteiger partial charge is 0.197 e. The van der Waals surface area contributed by atoms with Gasteiger partial charge in [-0.25, -0.2) is 32.7 Å². The molecule has 1 atom stereocenters. The maximum Gasteiger partial charge on any atom is 0.197 e. The van der Waals surface area contributed by atoms with Crippen LogP contribution in [-0.4, -0.2) is 54.4 Å². The summed E-state index contributed by atoms with van der Waals surface area (Å²) in [6.07, 6.45) is 5.98. The second-order valence-corrected chi connectivity index (χ2v) is 9.71. The third kappa shape index (κ3) is 4.61. The number of methoxy groups -OCH3 is 1. The molecule has 1 unspecified atom stereocenters. The standard InChI is InChI=1S/C22H24FN5O3S/c1-15-19-14-26-22(21-24-6-3-7-25-21)27-20(19)5-8-28(15)17-11-16(23)12-18(13-17)32(29,30)10-4-9-31-2/h3,6-7,11-15H,4-5,8-10H2,1-2H3. The summed E-state index contributed by atoms with van der Waals surface area (Å²) in [7, 11) is -2.10. The molecule has 1 aliphatic heterocycles. The van der Waals surface area contributed by atoms with Gasteiger partial charge in [0.05, 0.1) is 22.4 Å². The number of fused-ring (bicyclic) bond motifs is 1. The summed E-state index contributed by atoms with van der Waals surface area (Å²) < 4.78 is 44.7. The number of sulfone groups is 1. The van der Waals surface area contributed by atoms with Crippen LogP contribution in [0.5, 0.6) is 0 Å². The number of rotatable bonds is 7. The molecule has 0 bridgehead atoms. The summed E-state index contributed by atoms with van der Waals surface area (Å²) in [6.45, 7) is 2.86. The van der Waals surface area contributed by atoms with Crippen molar-refractivity contribution in [1.29, 1.82) is 0 Å². The molecule has 0 fully saturated rings. The Morgan fingerprint density at radius 1 is 1.16 bits per heavy atom. The van der Waals surface area contributed by atoms with Gasteiger partial charge in [-0.05, 0) is 37.6 Å². The maximum atomic E-state index is 14.4. The van der Waals surface area contributed by atoms with Crippen LogP contribution in [0.1, 0.15) is 30.6 Å². The second kappa shape index (κ2) is 9.25. The van der Waals surface area contributed by atoms with E-state index in [0.717, 1.165) is 17.3 Å². The van der Waals surface area contributed by atoms with Gasteiger partial charge in [-0.3, -0.25) is 0 Å². The van der Waals surface area contributed by atoms with Crippen LogP contribution in [0.15, 0.2) is 47.8 Å². The Labute approximate surface area is 186 Å². The number of hydrogen-bond donors (Lipinski definition) is 0. The molecule has 0 saturated heterocycles. The van der Waals surface area contributed by atoms with Crippen molar-refractivity contribution in [3.05, 3.63) is 59.9 Å². The number of halogens is 1. The van der Waals surface area contributed by atoms with E-state index in [2.05, 4.69) is 19.9 Å². The molecule has 3 heterocycles. The van der Waals surface area contributed by atoms with Crippen molar-refractivity contribution in [2.75, 3.05) is 30.9 Å². The fourth-order valence-electron chi connectivity index (χ4n) is 3.84. The first-order valence-electron chi connectivity index (χ1n) is 10.3. The Morgan fingerprint density at radius 2 is 1.94 bits per heavy atom. The molecule has 0 radical (unpaired) electrons. The van der Waals surface area contributed by atoms with Crippen LogP contribution in [-0.2, 0) is 21.0 Å². The van der Waals surface area contributed by atoms with Crippen LogP contribution in [0, 0.1) is 5.82 Å². The molecule has 10 heteroatoms. The van der Waals surface area contributed by atoms with E-state index in [4.69, 9.17) is 4.74 Å². The third-order valence-electron chi connectivity index (χ3n) is 5.48. The molecule has 0 N–H and O–H groups in total. The van der Waals surface area contributed by atoms with E-state index in [1.54, 1.807) is 30.7 Å². The minimum Gasteiger partial charge on any atom is -0.385 e. The quantitative estimate of drug-likeness (QED) is 0.500. The minimum absolute atomic E-state index is 0.0191. The van der Waals surface area contributed by atoms with Crippen molar-refractivity contribution in [3.63, 3.8) is 0 Å². The Bertz CT molecular complexity index is 1210. The Balaban J connectivity index is 1.62. The van der Waals surface area contributed by atoms with Gasteiger partial charge in [0, 0.05) is 56.5 Å². The summed E-state index contributed by atoms with van der Waals surface area (Å²) >= 11 is 0. The first kappa shape index (κ1) is 22.2. The molecule has 1 aliphatic rings. The van der Waals surface area contributed by atoms with Gasteiger partial charge in [-0.15, -0.1) is 0 Å². The van der Waals surface area contributed by atoms with E-state index < -0.39 is 15.7 Å². The Hall–Kier alpha value is -2.98. The fraction of sp³-hybridized carbons (Fsp3) is 0.364. The van der Waals surface area contributed by atoms with E-state index in [1.165, 1.54) is 13.2 Å². The van der Waals surface area contributed by atoms with Crippen molar-refractivity contribution in [2.45, 2.75) is 30.7 Å². The first-order valence-corrected chi connectivity index (χ1v) is 12.0. The largest absolute Gasteiger partial charge is 0.385 e. The van der Waals surface area contributed by atoms with Gasteiger partial charge < -0.3 is 9.64 Å². The SMILES string of the molecule is COCCCS(=O)(=O)c1cc(F)cc(N2CCc3nc(-c4ncccn4)ncc3C2C)c1. The summed E-state index contributed by atoms with van der Waals surface area (Å²) in [5, 5.41) is 0. The molecule has 0 aliphatic carbocycles. The van der Waals surface area contributed by atoms with Gasteiger partial charge in [0.15, 0.2) is 21.5 Å². The zero-order valence-corrected chi connectivity index (χ0v) is 18.7. The fourth-order valence-corrected chi connectivity index (χ4v) is 5.17. The van der Waals surface area contributed by atoms with Crippen LogP contribution in [0.25, 0.3) is 11.6 Å². The number of benzene rings is 1. The highest BCUT2D eigenvalue weighted by atomic mass is 32.2. The highest BCUT2D eigenvalue weighted by Gasteiger charge is 2.28. The highest BCUT2D eigenvalue weighted by Crippen LogP contribution is 2.34. The average Bonchev–Trinajstić information content (AvgIpc) is 2.79. The molecule has 0 spiro atoms. The lowest BCUT2D eigenvalue weighted by Crippen LogP contribution is -2.35. The van der Waals surface area contributed by atoms with E-state index in [9.17, 15) is 12.8 Å². The molecule has 8 nitrogen and oxygen atoms in total. The predicted molar refractivity (Wildman–Crippen MR) is 117 cm³/mol. The number of ether oxygens (including phenoxy) is 1. The van der Waals surface area contributed by atoms with Gasteiger partial charge in [0.2, 0.25) is 0 Å². The summed E-state index contributed by atoms with van der Waals surface area (Å²) in [5.74, 6) is 0.234. The van der Waals surface area contributed by atoms with E-state index in [-0.39, 0.29) is 16.7 Å². The molecule has 0 amide bonds. The topological polar surface area (TPSA) is 98.2 Å². The summed E-state index contributed by atoms with van der Waals surface area (Å²) in [4.78, 5) is 19.4. The molecule has 0 saturated carbocycles. The molecule has 2 aromatic heterocycles. The van der Waals surface area contributed by atoms with Crippen LogP contribution in [0.4, 0.5) is 10.1 Å². The predicted octanol–water partition coefficient (Wildman–Crippen LogP) is 3.01. The summed E-state index contributed by atoms with van der Waals surface area (Å²) in [6, 6.07) is 5.55. The highest BCUT2D eigenvalue weighted by molar-refractivity contribution is 7.91. The van der Waals surface area contributed by atoms with Crippen molar-refractivity contribution in [2.24, 2.45) is 0 Å². The minimum atomic E-state index is -3.62. The van der Waals surface area contributed by atoms with E-state index in [1.807, 2.05) is 11.8 Å².